The first kappa shape index (κ1) is 8.59. The zero-order chi connectivity index (χ0) is 8.43. The monoisotopic (exact) mass is 173 g/mol. The minimum absolute atomic E-state index is 0.226. The maximum absolute atomic E-state index is 11.0. The average molecular weight is 173 g/mol. The van der Waals surface area contributed by atoms with Gasteiger partial charge in [0.05, 0.1) is 7.11 Å². The third kappa shape index (κ3) is 1.56. The Hall–Kier alpha value is -0.510. The highest BCUT2D eigenvalue weighted by Gasteiger charge is 2.34. The van der Waals surface area contributed by atoms with E-state index in [2.05, 4.69) is 4.74 Å². The maximum Gasteiger partial charge on any atom is 0.324 e. The van der Waals surface area contributed by atoms with Gasteiger partial charge in [-0.2, -0.15) is 0 Å². The second-order valence-electron chi connectivity index (χ2n) is 2.59. The number of ether oxygens (including phenoxy) is 1. The summed E-state index contributed by atoms with van der Waals surface area (Å²) in [5.41, 5.74) is 0.502. The minimum atomic E-state index is -0.338. The first-order valence-electron chi connectivity index (χ1n) is 3.44. The van der Waals surface area contributed by atoms with Crippen LogP contribution in [0.1, 0.15) is 6.92 Å². The number of carbonyl (C=O) groups excluding carboxylic acids is 1. The Morgan fingerprint density at radius 3 is 2.82 bits per heavy atom. The van der Waals surface area contributed by atoms with Crippen LogP contribution in [0.15, 0.2) is 0 Å². The fourth-order valence-corrected chi connectivity index (χ4v) is 2.29. The molecule has 1 heterocycles. The minimum Gasteiger partial charge on any atom is -0.468 e. The van der Waals surface area contributed by atoms with Crippen molar-refractivity contribution in [2.75, 3.05) is 12.9 Å². The molecule has 0 amide bonds. The molecule has 1 fully saturated rings. The van der Waals surface area contributed by atoms with E-state index >= 15 is 0 Å². The van der Waals surface area contributed by atoms with Crippen molar-refractivity contribution in [1.29, 1.82) is 5.41 Å². The molecule has 0 aromatic carbocycles. The van der Waals surface area contributed by atoms with Crippen molar-refractivity contribution in [1.82, 2.24) is 0 Å². The summed E-state index contributed by atoms with van der Waals surface area (Å²) in [6, 6.07) is 0. The Balaban J connectivity index is 2.62. The van der Waals surface area contributed by atoms with E-state index in [0.29, 0.717) is 5.71 Å². The summed E-state index contributed by atoms with van der Waals surface area (Å²) in [5.74, 6) is 0.798. The summed E-state index contributed by atoms with van der Waals surface area (Å²) in [6.07, 6.45) is 0. The molecule has 62 valence electrons. The fourth-order valence-electron chi connectivity index (χ4n) is 0.981. The van der Waals surface area contributed by atoms with Gasteiger partial charge in [-0.3, -0.25) is 4.79 Å². The van der Waals surface area contributed by atoms with Crippen LogP contribution in [-0.4, -0.2) is 29.8 Å². The molecule has 0 unspecified atom stereocenters. The van der Waals surface area contributed by atoms with Crippen molar-refractivity contribution in [3.63, 3.8) is 0 Å². The average Bonchev–Trinajstić information content (AvgIpc) is 2.32. The Morgan fingerprint density at radius 1 is 1.82 bits per heavy atom. The molecule has 11 heavy (non-hydrogen) atoms. The standard InChI is InChI=1S/C7H11NO2S/c1-4-3-11-6(5(4)8)7(9)10-2/h4,6,8H,3H2,1-2H3/t4-,6+/m0/s1. The highest BCUT2D eigenvalue weighted by molar-refractivity contribution is 8.01. The van der Waals surface area contributed by atoms with Crippen LogP contribution in [0.5, 0.6) is 0 Å². The predicted molar refractivity (Wildman–Crippen MR) is 45.2 cm³/mol. The lowest BCUT2D eigenvalue weighted by Gasteiger charge is -2.06. The van der Waals surface area contributed by atoms with E-state index in [0.717, 1.165) is 5.75 Å². The van der Waals surface area contributed by atoms with Crippen LogP contribution in [0.2, 0.25) is 0 Å². The van der Waals surface area contributed by atoms with E-state index in [1.54, 1.807) is 0 Å². The molecule has 0 bridgehead atoms. The summed E-state index contributed by atoms with van der Waals surface area (Å²) in [4.78, 5) is 11.0. The van der Waals surface area contributed by atoms with Gasteiger partial charge in [0, 0.05) is 17.4 Å². The van der Waals surface area contributed by atoms with Crippen molar-refractivity contribution < 1.29 is 9.53 Å². The summed E-state index contributed by atoms with van der Waals surface area (Å²) >= 11 is 1.49. The molecule has 0 aromatic rings. The van der Waals surface area contributed by atoms with Crippen LogP contribution < -0.4 is 0 Å². The Labute approximate surface area is 70.0 Å². The van der Waals surface area contributed by atoms with Gasteiger partial charge in [-0.25, -0.2) is 0 Å². The highest BCUT2D eigenvalue weighted by atomic mass is 32.2. The number of rotatable bonds is 1. The molecule has 1 rings (SSSR count). The second kappa shape index (κ2) is 3.26. The Bertz CT molecular complexity index is 193. The lowest BCUT2D eigenvalue weighted by molar-refractivity contribution is -0.138. The second-order valence-corrected chi connectivity index (χ2v) is 3.73. The van der Waals surface area contributed by atoms with Crippen molar-refractivity contribution in [3.05, 3.63) is 0 Å². The number of thioether (sulfide) groups is 1. The first-order chi connectivity index (χ1) is 5.16. The van der Waals surface area contributed by atoms with Crippen LogP contribution >= 0.6 is 11.8 Å². The highest BCUT2D eigenvalue weighted by Crippen LogP contribution is 2.28. The van der Waals surface area contributed by atoms with Gasteiger partial charge < -0.3 is 10.1 Å². The van der Waals surface area contributed by atoms with E-state index in [1.165, 1.54) is 18.9 Å². The molecule has 0 aliphatic carbocycles. The summed E-state index contributed by atoms with van der Waals surface area (Å²) in [5, 5.41) is 7.19. The largest absolute Gasteiger partial charge is 0.468 e. The molecule has 0 radical (unpaired) electrons. The van der Waals surface area contributed by atoms with Gasteiger partial charge in [-0.1, -0.05) is 6.92 Å². The van der Waals surface area contributed by atoms with Gasteiger partial charge in [-0.05, 0) is 0 Å². The van der Waals surface area contributed by atoms with E-state index in [1.807, 2.05) is 6.92 Å². The molecular weight excluding hydrogens is 162 g/mol. The number of esters is 1. The molecule has 1 N–H and O–H groups in total. The quantitative estimate of drug-likeness (QED) is 0.600. The molecular formula is C7H11NO2S. The van der Waals surface area contributed by atoms with Gasteiger partial charge in [0.25, 0.3) is 0 Å². The first-order valence-corrected chi connectivity index (χ1v) is 4.49. The third-order valence-electron chi connectivity index (χ3n) is 1.74. The van der Waals surface area contributed by atoms with E-state index in [9.17, 15) is 4.79 Å². The van der Waals surface area contributed by atoms with E-state index < -0.39 is 0 Å². The van der Waals surface area contributed by atoms with Gasteiger partial charge in [0.2, 0.25) is 0 Å². The molecule has 1 saturated heterocycles. The number of nitrogens with one attached hydrogen (secondary N) is 1. The fraction of sp³-hybridized carbons (Fsp3) is 0.714. The summed E-state index contributed by atoms with van der Waals surface area (Å²) in [7, 11) is 1.36. The normalized spacial score (nSPS) is 30.5. The zero-order valence-corrected chi connectivity index (χ0v) is 7.40. The lowest BCUT2D eigenvalue weighted by Crippen LogP contribution is -2.25. The van der Waals surface area contributed by atoms with E-state index in [-0.39, 0.29) is 17.1 Å². The molecule has 0 spiro atoms. The maximum atomic E-state index is 11.0. The number of hydrogen-bond donors (Lipinski definition) is 1. The van der Waals surface area contributed by atoms with E-state index in [4.69, 9.17) is 5.41 Å². The predicted octanol–water partition coefficient (Wildman–Crippen LogP) is 0.931. The van der Waals surface area contributed by atoms with Crippen molar-refractivity contribution in [2.45, 2.75) is 12.2 Å². The van der Waals surface area contributed by atoms with Crippen LogP contribution in [-0.2, 0) is 9.53 Å². The van der Waals surface area contributed by atoms with Crippen molar-refractivity contribution in [2.24, 2.45) is 5.92 Å². The molecule has 3 nitrogen and oxygen atoms in total. The van der Waals surface area contributed by atoms with Crippen molar-refractivity contribution >= 4 is 23.4 Å². The third-order valence-corrected chi connectivity index (χ3v) is 3.21. The number of methoxy groups -OCH3 is 1. The molecule has 2 atom stereocenters. The zero-order valence-electron chi connectivity index (χ0n) is 6.59. The van der Waals surface area contributed by atoms with Crippen molar-refractivity contribution in [3.8, 4) is 0 Å². The topological polar surface area (TPSA) is 50.2 Å². The molecule has 4 heteroatoms. The van der Waals surface area contributed by atoms with Gasteiger partial charge in [-0.15, -0.1) is 11.8 Å². The number of hydrogen-bond acceptors (Lipinski definition) is 4. The molecule has 0 saturated carbocycles. The lowest BCUT2D eigenvalue weighted by atomic mass is 10.1. The van der Waals surface area contributed by atoms with Gasteiger partial charge in [0.1, 0.15) is 5.25 Å². The summed E-state index contributed by atoms with van der Waals surface area (Å²) < 4.78 is 4.55. The SMILES string of the molecule is COC(=O)[C@@H]1SC[C@H](C)C1=N. The Kier molecular flexibility index (Phi) is 2.54. The molecule has 1 aliphatic rings. The van der Waals surface area contributed by atoms with Crippen LogP contribution in [0.25, 0.3) is 0 Å². The smallest absolute Gasteiger partial charge is 0.324 e. The van der Waals surface area contributed by atoms with Crippen LogP contribution in [0.4, 0.5) is 0 Å². The number of carbonyl (C=O) groups is 1. The summed E-state index contributed by atoms with van der Waals surface area (Å²) in [6.45, 7) is 1.96. The molecule has 0 aromatic heterocycles. The van der Waals surface area contributed by atoms with Crippen LogP contribution in [0, 0.1) is 11.3 Å². The van der Waals surface area contributed by atoms with Gasteiger partial charge >= 0.3 is 5.97 Å². The molecule has 1 aliphatic heterocycles. The van der Waals surface area contributed by atoms with Gasteiger partial charge in [0.15, 0.2) is 0 Å². The Morgan fingerprint density at radius 2 is 2.45 bits per heavy atom. The van der Waals surface area contributed by atoms with Crippen LogP contribution in [0.3, 0.4) is 0 Å².